The molecule has 7 heteroatoms. The van der Waals surface area contributed by atoms with Crippen LogP contribution in [-0.4, -0.2) is 28.9 Å². The van der Waals surface area contributed by atoms with Crippen molar-refractivity contribution in [2.75, 3.05) is 0 Å². The summed E-state index contributed by atoms with van der Waals surface area (Å²) in [5.74, 6) is 1.90. The molecule has 0 bridgehead atoms. The molecule has 0 fully saturated rings. The van der Waals surface area contributed by atoms with E-state index in [4.69, 9.17) is 0 Å². The minimum absolute atomic E-state index is 0.0449. The number of hydrogen-bond donors (Lipinski definition) is 0. The van der Waals surface area contributed by atoms with E-state index in [2.05, 4.69) is 40.6 Å². The molecule has 25 heavy (non-hydrogen) atoms. The smallest absolute Gasteiger partial charge is 0.276 e. The molecule has 0 aromatic carbocycles. The molecule has 3 aromatic heterocycles. The quantitative estimate of drug-likeness (QED) is 0.717. The molecule has 1 aliphatic rings. The second-order valence-corrected chi connectivity index (χ2v) is 7.84. The van der Waals surface area contributed by atoms with Crippen LogP contribution >= 0.6 is 0 Å². The zero-order valence-electron chi connectivity index (χ0n) is 15.1. The van der Waals surface area contributed by atoms with E-state index in [1.165, 1.54) is 6.42 Å². The molecular formula is C18H24N6O. The van der Waals surface area contributed by atoms with Crippen LogP contribution < -0.4 is 5.56 Å². The molecule has 132 valence electrons. The third kappa shape index (κ3) is 2.88. The van der Waals surface area contributed by atoms with E-state index in [1.807, 2.05) is 12.3 Å². The molecule has 0 radical (unpaired) electrons. The third-order valence-electron chi connectivity index (χ3n) is 4.87. The summed E-state index contributed by atoms with van der Waals surface area (Å²) in [5.41, 5.74) is 1.38. The molecule has 0 amide bonds. The molecule has 0 aliphatic carbocycles. The maximum absolute atomic E-state index is 12.9. The zero-order valence-corrected chi connectivity index (χ0v) is 15.1. The summed E-state index contributed by atoms with van der Waals surface area (Å²) in [7, 11) is 0. The Morgan fingerprint density at radius 3 is 2.76 bits per heavy atom. The van der Waals surface area contributed by atoms with E-state index in [-0.39, 0.29) is 11.0 Å². The average molecular weight is 340 g/mol. The van der Waals surface area contributed by atoms with Gasteiger partial charge in [-0.05, 0) is 18.9 Å². The van der Waals surface area contributed by atoms with E-state index >= 15 is 0 Å². The molecule has 0 saturated heterocycles. The predicted octanol–water partition coefficient (Wildman–Crippen LogP) is 2.16. The minimum atomic E-state index is -0.0897. The van der Waals surface area contributed by atoms with E-state index in [9.17, 15) is 4.79 Å². The Labute approximate surface area is 146 Å². The minimum Gasteiger partial charge on any atom is -0.313 e. The van der Waals surface area contributed by atoms with Gasteiger partial charge in [0, 0.05) is 30.8 Å². The first-order valence-electron chi connectivity index (χ1n) is 8.94. The van der Waals surface area contributed by atoms with Gasteiger partial charge in [-0.25, -0.2) is 4.52 Å². The molecule has 0 spiro atoms. The van der Waals surface area contributed by atoms with Gasteiger partial charge in [0.15, 0.2) is 5.82 Å². The first-order chi connectivity index (χ1) is 11.9. The highest BCUT2D eigenvalue weighted by Gasteiger charge is 2.20. The number of rotatable bonds is 2. The largest absolute Gasteiger partial charge is 0.313 e. The SMILES string of the molecule is CC(C)(C)c1cc2c(=O)n(Cc3nnc4n3CCCCC4)ccn2n1. The lowest BCUT2D eigenvalue weighted by atomic mass is 9.92. The van der Waals surface area contributed by atoms with E-state index < -0.39 is 0 Å². The molecule has 0 atom stereocenters. The van der Waals surface area contributed by atoms with Crippen LogP contribution in [0.2, 0.25) is 0 Å². The van der Waals surface area contributed by atoms with Crippen molar-refractivity contribution in [1.29, 1.82) is 0 Å². The summed E-state index contributed by atoms with van der Waals surface area (Å²) < 4.78 is 5.55. The van der Waals surface area contributed by atoms with Crippen LogP contribution in [0.5, 0.6) is 0 Å². The van der Waals surface area contributed by atoms with Gasteiger partial charge in [-0.2, -0.15) is 5.10 Å². The second kappa shape index (κ2) is 5.82. The first-order valence-corrected chi connectivity index (χ1v) is 8.94. The van der Waals surface area contributed by atoms with Gasteiger partial charge in [0.05, 0.1) is 12.2 Å². The van der Waals surface area contributed by atoms with Crippen molar-refractivity contribution >= 4 is 5.52 Å². The summed E-state index contributed by atoms with van der Waals surface area (Å²) in [6.07, 6.45) is 8.12. The summed E-state index contributed by atoms with van der Waals surface area (Å²) in [6.45, 7) is 7.67. The van der Waals surface area contributed by atoms with Crippen molar-refractivity contribution in [2.45, 2.75) is 65.0 Å². The van der Waals surface area contributed by atoms with Crippen LogP contribution in [0.1, 0.15) is 57.4 Å². The monoisotopic (exact) mass is 340 g/mol. The van der Waals surface area contributed by atoms with Crippen LogP contribution in [-0.2, 0) is 24.9 Å². The van der Waals surface area contributed by atoms with E-state index in [1.54, 1.807) is 15.3 Å². The molecule has 0 saturated carbocycles. The first kappa shape index (κ1) is 16.1. The molecule has 0 unspecified atom stereocenters. The topological polar surface area (TPSA) is 70.0 Å². The van der Waals surface area contributed by atoms with Gasteiger partial charge in [-0.15, -0.1) is 10.2 Å². The van der Waals surface area contributed by atoms with Crippen molar-refractivity contribution in [1.82, 2.24) is 28.9 Å². The van der Waals surface area contributed by atoms with Gasteiger partial charge in [0.25, 0.3) is 5.56 Å². The molecule has 4 rings (SSSR count). The Morgan fingerprint density at radius 1 is 1.12 bits per heavy atom. The van der Waals surface area contributed by atoms with Crippen molar-refractivity contribution < 1.29 is 0 Å². The van der Waals surface area contributed by atoms with Gasteiger partial charge in [0.1, 0.15) is 11.3 Å². The molecule has 4 heterocycles. The molecule has 0 N–H and O–H groups in total. The molecular weight excluding hydrogens is 316 g/mol. The Morgan fingerprint density at radius 2 is 1.96 bits per heavy atom. The van der Waals surface area contributed by atoms with Crippen LogP contribution in [0.3, 0.4) is 0 Å². The molecule has 3 aromatic rings. The lowest BCUT2D eigenvalue weighted by Gasteiger charge is -2.13. The number of aryl methyl sites for hydroxylation is 1. The highest BCUT2D eigenvalue weighted by molar-refractivity contribution is 5.46. The Hall–Kier alpha value is -2.44. The number of nitrogens with zero attached hydrogens (tertiary/aromatic N) is 6. The zero-order chi connectivity index (χ0) is 17.6. The maximum atomic E-state index is 12.9. The van der Waals surface area contributed by atoms with Crippen molar-refractivity contribution in [3.05, 3.63) is 46.2 Å². The van der Waals surface area contributed by atoms with Crippen LogP contribution in [0.4, 0.5) is 0 Å². The molecule has 7 nitrogen and oxygen atoms in total. The average Bonchev–Trinajstić information content (AvgIpc) is 3.08. The van der Waals surface area contributed by atoms with Gasteiger partial charge in [-0.1, -0.05) is 27.2 Å². The maximum Gasteiger partial charge on any atom is 0.276 e. The number of hydrogen-bond acceptors (Lipinski definition) is 4. The van der Waals surface area contributed by atoms with Crippen LogP contribution in [0, 0.1) is 0 Å². The fraction of sp³-hybridized carbons (Fsp3) is 0.556. The van der Waals surface area contributed by atoms with Crippen LogP contribution in [0.15, 0.2) is 23.3 Å². The highest BCUT2D eigenvalue weighted by atomic mass is 16.1. The third-order valence-corrected chi connectivity index (χ3v) is 4.87. The fourth-order valence-corrected chi connectivity index (χ4v) is 3.33. The fourth-order valence-electron chi connectivity index (χ4n) is 3.33. The molecule has 1 aliphatic heterocycles. The highest BCUT2D eigenvalue weighted by Crippen LogP contribution is 2.21. The normalized spacial score (nSPS) is 15.3. The summed E-state index contributed by atoms with van der Waals surface area (Å²) in [5, 5.41) is 13.2. The lowest BCUT2D eigenvalue weighted by Crippen LogP contribution is -2.23. The Kier molecular flexibility index (Phi) is 3.74. The van der Waals surface area contributed by atoms with Gasteiger partial charge in [0.2, 0.25) is 0 Å². The second-order valence-electron chi connectivity index (χ2n) is 7.84. The predicted molar refractivity (Wildman–Crippen MR) is 94.8 cm³/mol. The van der Waals surface area contributed by atoms with Gasteiger partial charge < -0.3 is 9.13 Å². The van der Waals surface area contributed by atoms with Gasteiger partial charge in [-0.3, -0.25) is 4.79 Å². The number of aromatic nitrogens is 6. The Bertz CT molecular complexity index is 972. The van der Waals surface area contributed by atoms with Gasteiger partial charge >= 0.3 is 0 Å². The number of fused-ring (bicyclic) bond motifs is 2. The van der Waals surface area contributed by atoms with E-state index in [0.29, 0.717) is 12.1 Å². The lowest BCUT2D eigenvalue weighted by molar-refractivity contribution is 0.561. The summed E-state index contributed by atoms with van der Waals surface area (Å²) >= 11 is 0. The van der Waals surface area contributed by atoms with Crippen molar-refractivity contribution in [2.24, 2.45) is 0 Å². The summed E-state index contributed by atoms with van der Waals surface area (Å²) in [4.78, 5) is 12.9. The Balaban J connectivity index is 1.72. The standard InChI is InChI=1S/C18H24N6O/c1-18(2,3)14-11-13-17(25)22(9-10-24(13)21-14)12-16-20-19-15-7-5-4-6-8-23(15)16/h9-11H,4-8,12H2,1-3H3. The van der Waals surface area contributed by atoms with E-state index in [0.717, 1.165) is 43.1 Å². The van der Waals surface area contributed by atoms with Crippen LogP contribution in [0.25, 0.3) is 5.52 Å². The van der Waals surface area contributed by atoms with Crippen molar-refractivity contribution in [3.63, 3.8) is 0 Å². The van der Waals surface area contributed by atoms with Crippen molar-refractivity contribution in [3.8, 4) is 0 Å². The summed E-state index contributed by atoms with van der Waals surface area (Å²) in [6, 6.07) is 1.89.